The predicted octanol–water partition coefficient (Wildman–Crippen LogP) is 1.07. The molecule has 0 aromatic rings. The molecule has 0 bridgehead atoms. The number of hydrogen-bond donors (Lipinski definition) is 1. The third kappa shape index (κ3) is 2.54. The predicted molar refractivity (Wildman–Crippen MR) is 73.5 cm³/mol. The van der Waals surface area contributed by atoms with Crippen molar-refractivity contribution in [2.24, 2.45) is 0 Å². The first kappa shape index (κ1) is 13.8. The number of hydrogen-bond acceptors (Lipinski definition) is 3. The van der Waals surface area contributed by atoms with Crippen LogP contribution in [-0.4, -0.2) is 61.0 Å². The van der Waals surface area contributed by atoms with Crippen molar-refractivity contribution in [3.63, 3.8) is 0 Å². The van der Waals surface area contributed by atoms with Crippen LogP contribution >= 0.6 is 0 Å². The molecule has 0 radical (unpaired) electrons. The van der Waals surface area contributed by atoms with Crippen LogP contribution in [0.15, 0.2) is 0 Å². The average molecular weight is 253 g/mol. The van der Waals surface area contributed by atoms with Gasteiger partial charge in [-0.3, -0.25) is 4.79 Å². The van der Waals surface area contributed by atoms with Gasteiger partial charge in [-0.2, -0.15) is 0 Å². The molecule has 1 atom stereocenters. The van der Waals surface area contributed by atoms with Crippen molar-refractivity contribution in [3.8, 4) is 0 Å². The van der Waals surface area contributed by atoms with Crippen LogP contribution in [0.5, 0.6) is 0 Å². The van der Waals surface area contributed by atoms with Crippen molar-refractivity contribution in [2.45, 2.75) is 50.6 Å². The number of piperidine rings is 1. The summed E-state index contributed by atoms with van der Waals surface area (Å²) in [6.07, 6.45) is 5.25. The van der Waals surface area contributed by atoms with Crippen molar-refractivity contribution < 1.29 is 4.79 Å². The maximum atomic E-state index is 12.7. The summed E-state index contributed by atoms with van der Waals surface area (Å²) in [7, 11) is 4.15. The topological polar surface area (TPSA) is 35.6 Å². The van der Waals surface area contributed by atoms with Crippen LogP contribution in [0, 0.1) is 0 Å². The van der Waals surface area contributed by atoms with E-state index in [-0.39, 0.29) is 5.54 Å². The van der Waals surface area contributed by atoms with Crippen LogP contribution in [-0.2, 0) is 4.79 Å². The molecule has 0 aromatic heterocycles. The smallest absolute Gasteiger partial charge is 0.242 e. The van der Waals surface area contributed by atoms with Gasteiger partial charge in [0.05, 0.1) is 5.54 Å². The standard InChI is InChI=1S/C14H27N3O/c1-4-14(8-5-9-15-14)13(18)17(3)12-6-10-16(2)11-7-12/h12,15H,4-11H2,1-3H3. The summed E-state index contributed by atoms with van der Waals surface area (Å²) in [6.45, 7) is 5.32. The number of amides is 1. The molecule has 2 heterocycles. The molecule has 2 rings (SSSR count). The molecule has 2 aliphatic heterocycles. The third-order valence-electron chi connectivity index (χ3n) is 4.81. The number of nitrogens with one attached hydrogen (secondary N) is 1. The minimum atomic E-state index is -0.266. The number of likely N-dealkylation sites (N-methyl/N-ethyl adjacent to an activating group) is 1. The Kier molecular flexibility index (Phi) is 4.28. The van der Waals surface area contributed by atoms with Crippen LogP contribution < -0.4 is 5.32 Å². The van der Waals surface area contributed by atoms with Crippen molar-refractivity contribution in [3.05, 3.63) is 0 Å². The first-order valence-electron chi connectivity index (χ1n) is 7.30. The fraction of sp³-hybridized carbons (Fsp3) is 0.929. The minimum Gasteiger partial charge on any atom is -0.341 e. The highest BCUT2D eigenvalue weighted by molar-refractivity contribution is 5.86. The normalized spacial score (nSPS) is 30.6. The number of nitrogens with zero attached hydrogens (tertiary/aromatic N) is 2. The van der Waals surface area contributed by atoms with Crippen LogP contribution in [0.4, 0.5) is 0 Å². The Balaban J connectivity index is 1.99. The summed E-state index contributed by atoms with van der Waals surface area (Å²) >= 11 is 0. The highest BCUT2D eigenvalue weighted by Crippen LogP contribution is 2.27. The lowest BCUT2D eigenvalue weighted by atomic mass is 9.91. The van der Waals surface area contributed by atoms with Crippen LogP contribution in [0.3, 0.4) is 0 Å². The van der Waals surface area contributed by atoms with Crippen molar-refractivity contribution in [1.82, 2.24) is 15.1 Å². The summed E-state index contributed by atoms with van der Waals surface area (Å²) in [5, 5.41) is 3.45. The molecule has 4 nitrogen and oxygen atoms in total. The Morgan fingerprint density at radius 1 is 1.44 bits per heavy atom. The van der Waals surface area contributed by atoms with Gasteiger partial charge < -0.3 is 15.1 Å². The van der Waals surface area contributed by atoms with Gasteiger partial charge in [-0.15, -0.1) is 0 Å². The average Bonchev–Trinajstić information content (AvgIpc) is 2.88. The molecular formula is C14H27N3O. The molecule has 2 aliphatic rings. The van der Waals surface area contributed by atoms with Gasteiger partial charge in [0.2, 0.25) is 5.91 Å². The van der Waals surface area contributed by atoms with E-state index in [0.717, 1.165) is 51.7 Å². The van der Waals surface area contributed by atoms with E-state index in [4.69, 9.17) is 0 Å². The summed E-state index contributed by atoms with van der Waals surface area (Å²) in [4.78, 5) is 17.1. The maximum absolute atomic E-state index is 12.7. The Labute approximate surface area is 111 Å². The van der Waals surface area contributed by atoms with E-state index in [2.05, 4.69) is 24.2 Å². The molecule has 0 saturated carbocycles. The summed E-state index contributed by atoms with van der Waals surface area (Å²) < 4.78 is 0. The van der Waals surface area contributed by atoms with E-state index in [1.807, 2.05) is 11.9 Å². The zero-order chi connectivity index (χ0) is 13.2. The first-order valence-corrected chi connectivity index (χ1v) is 7.30. The highest BCUT2D eigenvalue weighted by Gasteiger charge is 2.42. The summed E-state index contributed by atoms with van der Waals surface area (Å²) in [6, 6.07) is 0.430. The molecule has 1 N–H and O–H groups in total. The van der Waals surface area contributed by atoms with Crippen LogP contribution in [0.1, 0.15) is 39.0 Å². The highest BCUT2D eigenvalue weighted by atomic mass is 16.2. The zero-order valence-electron chi connectivity index (χ0n) is 12.0. The van der Waals surface area contributed by atoms with E-state index in [1.54, 1.807) is 0 Å². The fourth-order valence-electron chi connectivity index (χ4n) is 3.33. The van der Waals surface area contributed by atoms with Gasteiger partial charge in [-0.05, 0) is 58.8 Å². The van der Waals surface area contributed by atoms with Gasteiger partial charge in [0, 0.05) is 13.1 Å². The Hall–Kier alpha value is -0.610. The number of carbonyl (C=O) groups excluding carboxylic acids is 1. The van der Waals surface area contributed by atoms with E-state index in [1.165, 1.54) is 0 Å². The lowest BCUT2D eigenvalue weighted by Gasteiger charge is -2.39. The molecule has 1 amide bonds. The molecule has 2 saturated heterocycles. The maximum Gasteiger partial charge on any atom is 0.242 e. The molecule has 1 unspecified atom stereocenters. The van der Waals surface area contributed by atoms with E-state index < -0.39 is 0 Å². The van der Waals surface area contributed by atoms with Gasteiger partial charge in [-0.25, -0.2) is 0 Å². The van der Waals surface area contributed by atoms with Crippen molar-refractivity contribution >= 4 is 5.91 Å². The Morgan fingerprint density at radius 2 is 2.11 bits per heavy atom. The van der Waals surface area contributed by atoms with E-state index in [9.17, 15) is 4.79 Å². The van der Waals surface area contributed by atoms with Gasteiger partial charge >= 0.3 is 0 Å². The second-order valence-electron chi connectivity index (χ2n) is 5.92. The summed E-state index contributed by atoms with van der Waals surface area (Å²) in [5.41, 5.74) is -0.266. The van der Waals surface area contributed by atoms with Gasteiger partial charge in [-0.1, -0.05) is 6.92 Å². The minimum absolute atomic E-state index is 0.266. The number of likely N-dealkylation sites (tertiary alicyclic amines) is 1. The molecule has 0 spiro atoms. The molecular weight excluding hydrogens is 226 g/mol. The van der Waals surface area contributed by atoms with E-state index in [0.29, 0.717) is 11.9 Å². The molecule has 4 heteroatoms. The monoisotopic (exact) mass is 253 g/mol. The second-order valence-corrected chi connectivity index (χ2v) is 5.92. The van der Waals surface area contributed by atoms with Gasteiger partial charge in [0.1, 0.15) is 0 Å². The largest absolute Gasteiger partial charge is 0.341 e. The number of rotatable bonds is 3. The lowest BCUT2D eigenvalue weighted by Crippen LogP contribution is -2.57. The molecule has 0 aromatic carbocycles. The molecule has 2 fully saturated rings. The van der Waals surface area contributed by atoms with Crippen molar-refractivity contribution in [2.75, 3.05) is 33.7 Å². The second kappa shape index (κ2) is 5.57. The molecule has 104 valence electrons. The zero-order valence-corrected chi connectivity index (χ0v) is 12.0. The summed E-state index contributed by atoms with van der Waals surface area (Å²) in [5.74, 6) is 0.317. The Morgan fingerprint density at radius 3 is 2.61 bits per heavy atom. The Bertz CT molecular complexity index is 291. The first-order chi connectivity index (χ1) is 8.59. The van der Waals surface area contributed by atoms with Crippen LogP contribution in [0.2, 0.25) is 0 Å². The SMILES string of the molecule is CCC1(C(=O)N(C)C2CCN(C)CC2)CCCN1. The van der Waals surface area contributed by atoms with E-state index >= 15 is 0 Å². The lowest BCUT2D eigenvalue weighted by molar-refractivity contribution is -0.139. The van der Waals surface area contributed by atoms with Crippen molar-refractivity contribution in [1.29, 1.82) is 0 Å². The van der Waals surface area contributed by atoms with Crippen LogP contribution in [0.25, 0.3) is 0 Å². The van der Waals surface area contributed by atoms with Gasteiger partial charge in [0.25, 0.3) is 0 Å². The quantitative estimate of drug-likeness (QED) is 0.817. The fourth-order valence-corrected chi connectivity index (χ4v) is 3.33. The molecule has 0 aliphatic carbocycles. The number of carbonyl (C=O) groups is 1. The molecule has 18 heavy (non-hydrogen) atoms. The third-order valence-corrected chi connectivity index (χ3v) is 4.81. The van der Waals surface area contributed by atoms with Gasteiger partial charge in [0.15, 0.2) is 0 Å².